The van der Waals surface area contributed by atoms with Crippen LogP contribution in [0.4, 0.5) is 5.82 Å². The predicted octanol–water partition coefficient (Wildman–Crippen LogP) is 4.64. The standard InChI is InChI=1S/C20H19ClN2O3/c1-14-12-16(8-9-18(14)21)26-15(2)20(24)23(13-17-6-5-11-25-17)19-7-3-4-10-22-19/h3-12,15H,13H2,1-2H3. The molecule has 0 aliphatic carbocycles. The van der Waals surface area contributed by atoms with Crippen molar-refractivity contribution in [1.29, 1.82) is 0 Å². The van der Waals surface area contributed by atoms with E-state index in [4.69, 9.17) is 20.8 Å². The van der Waals surface area contributed by atoms with Crippen molar-refractivity contribution in [1.82, 2.24) is 4.98 Å². The molecule has 26 heavy (non-hydrogen) atoms. The summed E-state index contributed by atoms with van der Waals surface area (Å²) in [5, 5.41) is 0.657. The number of amides is 1. The van der Waals surface area contributed by atoms with Gasteiger partial charge in [-0.05, 0) is 61.9 Å². The van der Waals surface area contributed by atoms with E-state index in [1.807, 2.05) is 25.1 Å². The van der Waals surface area contributed by atoms with Crippen LogP contribution in [0.3, 0.4) is 0 Å². The number of hydrogen-bond acceptors (Lipinski definition) is 4. The van der Waals surface area contributed by atoms with Gasteiger partial charge in [0.15, 0.2) is 6.10 Å². The molecule has 1 aromatic carbocycles. The molecule has 2 aromatic heterocycles. The SMILES string of the molecule is Cc1cc(OC(C)C(=O)N(Cc2ccco2)c2ccccn2)ccc1Cl. The predicted molar refractivity (Wildman–Crippen MR) is 100 cm³/mol. The van der Waals surface area contributed by atoms with Crippen molar-refractivity contribution in [2.75, 3.05) is 4.90 Å². The number of hydrogen-bond donors (Lipinski definition) is 0. The van der Waals surface area contributed by atoms with Crippen LogP contribution >= 0.6 is 11.6 Å². The Kier molecular flexibility index (Phi) is 5.58. The molecule has 0 fully saturated rings. The number of rotatable bonds is 6. The number of aromatic nitrogens is 1. The number of nitrogens with zero attached hydrogens (tertiary/aromatic N) is 2. The van der Waals surface area contributed by atoms with Gasteiger partial charge >= 0.3 is 0 Å². The Morgan fingerprint density at radius 1 is 1.27 bits per heavy atom. The second kappa shape index (κ2) is 8.06. The largest absolute Gasteiger partial charge is 0.481 e. The molecule has 3 rings (SSSR count). The number of benzene rings is 1. The van der Waals surface area contributed by atoms with Crippen LogP contribution in [0.1, 0.15) is 18.2 Å². The molecule has 0 saturated carbocycles. The van der Waals surface area contributed by atoms with Crippen LogP contribution in [0.15, 0.2) is 65.4 Å². The fourth-order valence-corrected chi connectivity index (χ4v) is 2.63. The number of anilines is 1. The highest BCUT2D eigenvalue weighted by molar-refractivity contribution is 6.31. The molecule has 0 N–H and O–H groups in total. The molecule has 2 heterocycles. The number of furan rings is 1. The van der Waals surface area contributed by atoms with E-state index in [1.165, 1.54) is 0 Å². The normalized spacial score (nSPS) is 11.8. The van der Waals surface area contributed by atoms with Crippen molar-refractivity contribution in [3.63, 3.8) is 0 Å². The third-order valence-electron chi connectivity index (χ3n) is 3.88. The fraction of sp³-hybridized carbons (Fsp3) is 0.200. The number of carbonyl (C=O) groups excluding carboxylic acids is 1. The summed E-state index contributed by atoms with van der Waals surface area (Å²) in [4.78, 5) is 18.9. The molecule has 3 aromatic rings. The first kappa shape index (κ1) is 18.0. The lowest BCUT2D eigenvalue weighted by Gasteiger charge is -2.24. The first-order valence-corrected chi connectivity index (χ1v) is 8.60. The van der Waals surface area contributed by atoms with Crippen molar-refractivity contribution >= 4 is 23.3 Å². The molecular formula is C20H19ClN2O3. The minimum Gasteiger partial charge on any atom is -0.481 e. The molecule has 0 aliphatic heterocycles. The van der Waals surface area contributed by atoms with Crippen LogP contribution in [0.2, 0.25) is 5.02 Å². The summed E-state index contributed by atoms with van der Waals surface area (Å²) < 4.78 is 11.2. The summed E-state index contributed by atoms with van der Waals surface area (Å²) in [6.07, 6.45) is 2.52. The molecule has 0 aliphatic rings. The van der Waals surface area contributed by atoms with Gasteiger partial charge in [-0.2, -0.15) is 0 Å². The van der Waals surface area contributed by atoms with Crippen molar-refractivity contribution < 1.29 is 13.9 Å². The molecule has 1 atom stereocenters. The summed E-state index contributed by atoms with van der Waals surface area (Å²) >= 11 is 6.04. The summed E-state index contributed by atoms with van der Waals surface area (Å²) in [5.41, 5.74) is 0.890. The number of ether oxygens (including phenoxy) is 1. The van der Waals surface area contributed by atoms with E-state index in [0.717, 1.165) is 5.56 Å². The second-order valence-corrected chi connectivity index (χ2v) is 6.27. The smallest absolute Gasteiger partial charge is 0.269 e. The maximum Gasteiger partial charge on any atom is 0.269 e. The van der Waals surface area contributed by atoms with Crippen LogP contribution in [-0.2, 0) is 11.3 Å². The highest BCUT2D eigenvalue weighted by Crippen LogP contribution is 2.23. The molecule has 1 amide bonds. The Bertz CT molecular complexity index is 866. The topological polar surface area (TPSA) is 55.6 Å². The molecule has 1 unspecified atom stereocenters. The average molecular weight is 371 g/mol. The van der Waals surface area contributed by atoms with Crippen LogP contribution in [0.5, 0.6) is 5.75 Å². The van der Waals surface area contributed by atoms with Gasteiger partial charge in [-0.25, -0.2) is 4.98 Å². The molecule has 0 spiro atoms. The van der Waals surface area contributed by atoms with E-state index in [2.05, 4.69) is 4.98 Å². The van der Waals surface area contributed by atoms with Crippen LogP contribution < -0.4 is 9.64 Å². The number of halogens is 1. The molecule has 6 heteroatoms. The monoisotopic (exact) mass is 370 g/mol. The minimum atomic E-state index is -0.701. The van der Waals surface area contributed by atoms with E-state index < -0.39 is 6.10 Å². The van der Waals surface area contributed by atoms with Gasteiger partial charge in [0.25, 0.3) is 5.91 Å². The molecular weight excluding hydrogens is 352 g/mol. The molecule has 0 saturated heterocycles. The van der Waals surface area contributed by atoms with E-state index in [9.17, 15) is 4.79 Å². The molecule has 5 nitrogen and oxygen atoms in total. The lowest BCUT2D eigenvalue weighted by molar-refractivity contribution is -0.124. The molecule has 0 radical (unpaired) electrons. The number of pyridine rings is 1. The summed E-state index contributed by atoms with van der Waals surface area (Å²) in [6, 6.07) is 14.3. The maximum atomic E-state index is 13.0. The Morgan fingerprint density at radius 3 is 2.77 bits per heavy atom. The zero-order valence-corrected chi connectivity index (χ0v) is 15.3. The molecule has 134 valence electrons. The van der Waals surface area contributed by atoms with Gasteiger partial charge < -0.3 is 9.15 Å². The van der Waals surface area contributed by atoms with Gasteiger partial charge in [0, 0.05) is 11.2 Å². The van der Waals surface area contributed by atoms with E-state index in [0.29, 0.717) is 22.4 Å². The van der Waals surface area contributed by atoms with Gasteiger partial charge in [0.05, 0.1) is 12.8 Å². The second-order valence-electron chi connectivity index (χ2n) is 5.86. The lowest BCUT2D eigenvalue weighted by Crippen LogP contribution is -2.40. The van der Waals surface area contributed by atoms with Gasteiger partial charge in [0.2, 0.25) is 0 Å². The third-order valence-corrected chi connectivity index (χ3v) is 4.30. The Labute approximate surface area is 157 Å². The van der Waals surface area contributed by atoms with Crippen molar-refractivity contribution in [2.45, 2.75) is 26.5 Å². The van der Waals surface area contributed by atoms with Crippen molar-refractivity contribution in [2.24, 2.45) is 0 Å². The van der Waals surface area contributed by atoms with Gasteiger partial charge in [-0.15, -0.1) is 0 Å². The van der Waals surface area contributed by atoms with Crippen LogP contribution in [0.25, 0.3) is 0 Å². The maximum absolute atomic E-state index is 13.0. The average Bonchev–Trinajstić information content (AvgIpc) is 3.16. The van der Waals surface area contributed by atoms with E-state index in [1.54, 1.807) is 54.6 Å². The number of carbonyl (C=O) groups is 1. The highest BCUT2D eigenvalue weighted by atomic mass is 35.5. The Hall–Kier alpha value is -2.79. The summed E-state index contributed by atoms with van der Waals surface area (Å²) in [7, 11) is 0. The fourth-order valence-electron chi connectivity index (χ4n) is 2.51. The molecule has 0 bridgehead atoms. The first-order chi connectivity index (χ1) is 12.5. The zero-order chi connectivity index (χ0) is 18.5. The Balaban J connectivity index is 1.80. The van der Waals surface area contributed by atoms with E-state index in [-0.39, 0.29) is 12.5 Å². The lowest BCUT2D eigenvalue weighted by atomic mass is 10.2. The van der Waals surface area contributed by atoms with Crippen molar-refractivity contribution in [3.8, 4) is 5.75 Å². The van der Waals surface area contributed by atoms with Crippen molar-refractivity contribution in [3.05, 3.63) is 77.3 Å². The third kappa shape index (κ3) is 4.24. The Morgan fingerprint density at radius 2 is 2.12 bits per heavy atom. The van der Waals surface area contributed by atoms with Crippen LogP contribution in [0, 0.1) is 6.92 Å². The van der Waals surface area contributed by atoms with Gasteiger partial charge in [-0.3, -0.25) is 9.69 Å². The first-order valence-electron chi connectivity index (χ1n) is 8.22. The van der Waals surface area contributed by atoms with E-state index >= 15 is 0 Å². The highest BCUT2D eigenvalue weighted by Gasteiger charge is 2.25. The minimum absolute atomic E-state index is 0.215. The van der Waals surface area contributed by atoms with Crippen LogP contribution in [-0.4, -0.2) is 17.0 Å². The number of aryl methyl sites for hydroxylation is 1. The van der Waals surface area contributed by atoms with Gasteiger partial charge in [-0.1, -0.05) is 17.7 Å². The summed E-state index contributed by atoms with van der Waals surface area (Å²) in [6.45, 7) is 3.87. The quantitative estimate of drug-likeness (QED) is 0.634. The summed E-state index contributed by atoms with van der Waals surface area (Å²) in [5.74, 6) is 1.58. The zero-order valence-electron chi connectivity index (χ0n) is 14.6. The van der Waals surface area contributed by atoms with Gasteiger partial charge in [0.1, 0.15) is 17.3 Å².